The smallest absolute Gasteiger partial charge is 0.386 e. The molecule has 1 unspecified atom stereocenters. The van der Waals surface area contributed by atoms with E-state index in [1.807, 2.05) is 6.92 Å². The Kier molecular flexibility index (Phi) is 9.36. The summed E-state index contributed by atoms with van der Waals surface area (Å²) in [7, 11) is 0. The molecule has 7 nitrogen and oxygen atoms in total. The lowest BCUT2D eigenvalue weighted by Gasteiger charge is -2.02. The van der Waals surface area contributed by atoms with Crippen molar-refractivity contribution >= 4 is 17.9 Å². The van der Waals surface area contributed by atoms with E-state index in [9.17, 15) is 14.4 Å². The van der Waals surface area contributed by atoms with Crippen molar-refractivity contribution in [3.8, 4) is 6.07 Å². The van der Waals surface area contributed by atoms with E-state index in [4.69, 9.17) is 10.4 Å². The first-order chi connectivity index (χ1) is 13.0. The fourth-order valence-electron chi connectivity index (χ4n) is 1.85. The van der Waals surface area contributed by atoms with Gasteiger partial charge in [0.1, 0.15) is 5.92 Å². The largest absolute Gasteiger partial charge is 0.480 e. The molecule has 0 bridgehead atoms. The highest BCUT2D eigenvalue weighted by molar-refractivity contribution is 5.92. The van der Waals surface area contributed by atoms with E-state index < -0.39 is 23.8 Å². The fraction of sp³-hybridized carbons (Fsp3) is 0.200. The third kappa shape index (κ3) is 7.84. The number of nitrogens with zero attached hydrogens (tertiary/aromatic N) is 1. The van der Waals surface area contributed by atoms with Crippen LogP contribution in [0.3, 0.4) is 0 Å². The Balaban J connectivity index is 0.000000345. The van der Waals surface area contributed by atoms with Gasteiger partial charge in [-0.25, -0.2) is 19.4 Å². The number of hydrogen-bond acceptors (Lipinski definition) is 6. The first-order valence-corrected chi connectivity index (χ1v) is 8.15. The molecule has 140 valence electrons. The Bertz CT molecular complexity index is 732. The molecule has 1 atom stereocenters. The van der Waals surface area contributed by atoms with Crippen molar-refractivity contribution < 1.29 is 29.3 Å². The van der Waals surface area contributed by atoms with E-state index in [0.717, 1.165) is 6.42 Å². The third-order valence-electron chi connectivity index (χ3n) is 3.24. The van der Waals surface area contributed by atoms with Crippen molar-refractivity contribution in [3.05, 3.63) is 71.8 Å². The van der Waals surface area contributed by atoms with Gasteiger partial charge in [-0.15, -0.1) is 0 Å². The molecule has 0 aliphatic carbocycles. The second kappa shape index (κ2) is 11.8. The standard InChI is InChI=1S/C14H10O4.C6H9NO2/c15-13(11-7-3-1-4-8-11)17-18-14(16)12-9-5-2-6-10-12;1-2-3-5(4-7)6(8)9/h1-10H;5H,2-3H2,1H3,(H,8,9). The molecule has 0 amide bonds. The zero-order valence-electron chi connectivity index (χ0n) is 14.7. The molecule has 27 heavy (non-hydrogen) atoms. The predicted molar refractivity (Wildman–Crippen MR) is 95.4 cm³/mol. The molecule has 0 fully saturated rings. The number of carboxylic acid groups (broad SMARTS) is 1. The topological polar surface area (TPSA) is 114 Å². The van der Waals surface area contributed by atoms with Crippen LogP contribution in [0.25, 0.3) is 0 Å². The summed E-state index contributed by atoms with van der Waals surface area (Å²) in [6.07, 6.45) is 1.19. The SMILES string of the molecule is CCCC(C#N)C(=O)O.O=C(OOC(=O)c1ccccc1)c1ccccc1. The Morgan fingerprint density at radius 1 is 0.926 bits per heavy atom. The Morgan fingerprint density at radius 2 is 1.33 bits per heavy atom. The maximum atomic E-state index is 11.5. The lowest BCUT2D eigenvalue weighted by Crippen LogP contribution is -2.11. The van der Waals surface area contributed by atoms with Gasteiger partial charge in [-0.1, -0.05) is 49.7 Å². The molecule has 0 saturated carbocycles. The summed E-state index contributed by atoms with van der Waals surface area (Å²) < 4.78 is 0. The summed E-state index contributed by atoms with van der Waals surface area (Å²) in [6, 6.07) is 18.3. The van der Waals surface area contributed by atoms with Crippen molar-refractivity contribution in [1.82, 2.24) is 0 Å². The summed E-state index contributed by atoms with van der Waals surface area (Å²) in [5.74, 6) is -3.24. The Labute approximate surface area is 156 Å². The van der Waals surface area contributed by atoms with Gasteiger partial charge in [-0.3, -0.25) is 4.79 Å². The lowest BCUT2D eigenvalue weighted by molar-refractivity contribution is -0.187. The summed E-state index contributed by atoms with van der Waals surface area (Å²) in [5, 5.41) is 16.5. The molecule has 0 aromatic heterocycles. The molecule has 0 spiro atoms. The number of rotatable bonds is 5. The van der Waals surface area contributed by atoms with Crippen LogP contribution in [0.15, 0.2) is 60.7 Å². The van der Waals surface area contributed by atoms with E-state index in [-0.39, 0.29) is 0 Å². The summed E-state index contributed by atoms with van der Waals surface area (Å²) in [5.41, 5.74) is 0.636. The quantitative estimate of drug-likeness (QED) is 0.632. The summed E-state index contributed by atoms with van der Waals surface area (Å²) in [6.45, 7) is 1.85. The third-order valence-corrected chi connectivity index (χ3v) is 3.24. The highest BCUT2D eigenvalue weighted by Gasteiger charge is 2.14. The van der Waals surface area contributed by atoms with Crippen LogP contribution in [-0.2, 0) is 14.6 Å². The monoisotopic (exact) mass is 369 g/mol. The van der Waals surface area contributed by atoms with Crippen LogP contribution in [-0.4, -0.2) is 23.0 Å². The normalized spacial score (nSPS) is 10.4. The van der Waals surface area contributed by atoms with E-state index in [0.29, 0.717) is 17.5 Å². The van der Waals surface area contributed by atoms with Crippen molar-refractivity contribution in [1.29, 1.82) is 5.26 Å². The Morgan fingerprint density at radius 3 is 1.59 bits per heavy atom. The number of carbonyl (C=O) groups is 3. The maximum Gasteiger partial charge on any atom is 0.386 e. The van der Waals surface area contributed by atoms with Crippen LogP contribution in [0.4, 0.5) is 0 Å². The van der Waals surface area contributed by atoms with E-state index >= 15 is 0 Å². The van der Waals surface area contributed by atoms with Crippen LogP contribution < -0.4 is 0 Å². The fourth-order valence-corrected chi connectivity index (χ4v) is 1.85. The lowest BCUT2D eigenvalue weighted by atomic mass is 10.1. The molecule has 2 aromatic rings. The number of carboxylic acids is 1. The van der Waals surface area contributed by atoms with Gasteiger partial charge in [0.25, 0.3) is 0 Å². The molecule has 2 rings (SSSR count). The van der Waals surface area contributed by atoms with Gasteiger partial charge in [0, 0.05) is 0 Å². The van der Waals surface area contributed by atoms with Crippen molar-refractivity contribution in [2.45, 2.75) is 19.8 Å². The van der Waals surface area contributed by atoms with E-state index in [1.54, 1.807) is 66.7 Å². The molecular weight excluding hydrogens is 350 g/mol. The first kappa shape index (κ1) is 21.4. The first-order valence-electron chi connectivity index (χ1n) is 8.15. The van der Waals surface area contributed by atoms with Gasteiger partial charge in [-0.05, 0) is 30.7 Å². The van der Waals surface area contributed by atoms with Crippen molar-refractivity contribution in [2.24, 2.45) is 5.92 Å². The van der Waals surface area contributed by atoms with Gasteiger partial charge in [0.2, 0.25) is 0 Å². The van der Waals surface area contributed by atoms with Crippen LogP contribution in [0.5, 0.6) is 0 Å². The molecule has 0 heterocycles. The number of carbonyl (C=O) groups excluding carboxylic acids is 2. The molecule has 2 aromatic carbocycles. The van der Waals surface area contributed by atoms with Crippen LogP contribution in [0, 0.1) is 17.2 Å². The zero-order chi connectivity index (χ0) is 20.1. The molecule has 1 N–H and O–H groups in total. The van der Waals surface area contributed by atoms with Crippen LogP contribution in [0.2, 0.25) is 0 Å². The molecular formula is C20H19NO6. The highest BCUT2D eigenvalue weighted by Crippen LogP contribution is 2.05. The number of benzene rings is 2. The minimum absolute atomic E-state index is 0.318. The van der Waals surface area contributed by atoms with Crippen molar-refractivity contribution in [3.63, 3.8) is 0 Å². The average molecular weight is 369 g/mol. The van der Waals surface area contributed by atoms with Gasteiger partial charge in [-0.2, -0.15) is 5.26 Å². The predicted octanol–water partition coefficient (Wildman–Crippen LogP) is 3.63. The zero-order valence-corrected chi connectivity index (χ0v) is 14.7. The average Bonchev–Trinajstić information content (AvgIpc) is 2.71. The molecule has 7 heteroatoms. The molecule has 0 radical (unpaired) electrons. The number of aliphatic carboxylic acids is 1. The number of hydrogen-bond donors (Lipinski definition) is 1. The van der Waals surface area contributed by atoms with E-state index in [1.165, 1.54) is 0 Å². The minimum Gasteiger partial charge on any atom is -0.480 e. The minimum atomic E-state index is -1.01. The molecule has 0 aliphatic rings. The maximum absolute atomic E-state index is 11.5. The van der Waals surface area contributed by atoms with Crippen LogP contribution >= 0.6 is 0 Å². The molecule has 0 saturated heterocycles. The summed E-state index contributed by atoms with van der Waals surface area (Å²) in [4.78, 5) is 42.0. The number of nitriles is 1. The second-order valence-corrected chi connectivity index (χ2v) is 5.28. The molecule has 0 aliphatic heterocycles. The van der Waals surface area contributed by atoms with Gasteiger partial charge in [0.15, 0.2) is 0 Å². The highest BCUT2D eigenvalue weighted by atomic mass is 17.2. The van der Waals surface area contributed by atoms with E-state index in [2.05, 4.69) is 9.78 Å². The summed E-state index contributed by atoms with van der Waals surface area (Å²) >= 11 is 0. The van der Waals surface area contributed by atoms with Gasteiger partial charge < -0.3 is 5.11 Å². The van der Waals surface area contributed by atoms with Crippen molar-refractivity contribution in [2.75, 3.05) is 0 Å². The van der Waals surface area contributed by atoms with Crippen LogP contribution in [0.1, 0.15) is 40.5 Å². The van der Waals surface area contributed by atoms with Gasteiger partial charge >= 0.3 is 17.9 Å². The van der Waals surface area contributed by atoms with Gasteiger partial charge in [0.05, 0.1) is 17.2 Å². The Hall–Kier alpha value is -3.66. The second-order valence-electron chi connectivity index (χ2n) is 5.28.